The van der Waals surface area contributed by atoms with Crippen molar-refractivity contribution in [3.05, 3.63) is 71.8 Å². The van der Waals surface area contributed by atoms with Crippen LogP contribution in [0.15, 0.2) is 60.7 Å². The number of carbonyl (C=O) groups excluding carboxylic acids is 1. The molecule has 2 atom stereocenters. The number of nitrogens with zero attached hydrogens (tertiary/aromatic N) is 1. The van der Waals surface area contributed by atoms with Crippen LogP contribution in [-0.2, 0) is 16.1 Å². The van der Waals surface area contributed by atoms with Crippen LogP contribution in [0.25, 0.3) is 0 Å². The lowest BCUT2D eigenvalue weighted by Crippen LogP contribution is -2.39. The van der Waals surface area contributed by atoms with E-state index in [1.807, 2.05) is 19.1 Å². The summed E-state index contributed by atoms with van der Waals surface area (Å²) in [6.45, 7) is 9.77. The molecule has 0 spiro atoms. The number of rotatable bonds is 10. The average molecular weight is 368 g/mol. The van der Waals surface area contributed by atoms with E-state index in [-0.39, 0.29) is 18.1 Å². The van der Waals surface area contributed by atoms with Gasteiger partial charge in [0.25, 0.3) is 0 Å². The van der Waals surface area contributed by atoms with E-state index >= 15 is 0 Å². The molecule has 2 aromatic rings. The minimum atomic E-state index is -0.110. The molecule has 0 N–H and O–H groups in total. The number of hydrogen-bond donors (Lipinski definition) is 0. The number of hydrogen-bond acceptors (Lipinski definition) is 3. The molecule has 0 radical (unpaired) electrons. The zero-order chi connectivity index (χ0) is 19.6. The van der Waals surface area contributed by atoms with E-state index in [1.54, 1.807) is 0 Å². The second-order valence-corrected chi connectivity index (χ2v) is 7.54. The van der Waals surface area contributed by atoms with Gasteiger partial charge in [0.1, 0.15) is 0 Å². The summed E-state index contributed by atoms with van der Waals surface area (Å²) in [5.74, 6) is 0.396. The van der Waals surface area contributed by atoms with Crippen molar-refractivity contribution in [1.82, 2.24) is 4.90 Å². The third-order valence-electron chi connectivity index (χ3n) is 4.91. The van der Waals surface area contributed by atoms with Crippen LogP contribution in [0.3, 0.4) is 0 Å². The zero-order valence-electron chi connectivity index (χ0n) is 17.1. The predicted octanol–water partition coefficient (Wildman–Crippen LogP) is 5.62. The number of benzene rings is 2. The van der Waals surface area contributed by atoms with E-state index in [2.05, 4.69) is 74.2 Å². The quantitative estimate of drug-likeness (QED) is 0.511. The van der Waals surface area contributed by atoms with Crippen molar-refractivity contribution >= 4 is 5.97 Å². The van der Waals surface area contributed by atoms with Crippen LogP contribution in [0.1, 0.15) is 57.7 Å². The molecule has 3 nitrogen and oxygen atoms in total. The molecule has 0 bridgehead atoms. The Morgan fingerprint density at radius 1 is 0.963 bits per heavy atom. The Bertz CT molecular complexity index is 669. The van der Waals surface area contributed by atoms with Gasteiger partial charge in [-0.25, -0.2) is 0 Å². The van der Waals surface area contributed by atoms with Gasteiger partial charge in [-0.05, 0) is 37.3 Å². The first-order chi connectivity index (χ1) is 13.0. The van der Waals surface area contributed by atoms with E-state index < -0.39 is 0 Å². The van der Waals surface area contributed by atoms with Crippen molar-refractivity contribution < 1.29 is 9.53 Å². The van der Waals surface area contributed by atoms with Gasteiger partial charge in [-0.1, -0.05) is 74.5 Å². The Kier molecular flexibility index (Phi) is 8.53. The van der Waals surface area contributed by atoms with Crippen LogP contribution < -0.4 is 0 Å². The smallest absolute Gasteiger partial charge is 0.307 e. The predicted molar refractivity (Wildman–Crippen MR) is 111 cm³/mol. The summed E-state index contributed by atoms with van der Waals surface area (Å²) >= 11 is 0. The molecule has 0 saturated carbocycles. The molecule has 27 heavy (non-hydrogen) atoms. The van der Waals surface area contributed by atoms with Crippen LogP contribution in [0.5, 0.6) is 0 Å². The molecule has 0 amide bonds. The lowest BCUT2D eigenvalue weighted by atomic mass is 9.95. The van der Waals surface area contributed by atoms with Crippen LogP contribution in [0.2, 0.25) is 0 Å². The number of ether oxygens (including phenoxy) is 1. The normalized spacial score (nSPS) is 13.6. The van der Waals surface area contributed by atoms with E-state index in [9.17, 15) is 4.79 Å². The van der Waals surface area contributed by atoms with Crippen molar-refractivity contribution in [3.8, 4) is 0 Å². The monoisotopic (exact) mass is 367 g/mol. The van der Waals surface area contributed by atoms with Gasteiger partial charge in [-0.3, -0.25) is 9.69 Å². The molecular formula is C24H33NO2. The molecule has 0 fully saturated rings. The molecule has 2 rings (SSSR count). The molecule has 0 heterocycles. The molecule has 0 unspecified atom stereocenters. The standard InChI is InChI=1S/C24H33NO2/c1-5-27-24(26)17-23(16-19(2)3)25(18-21-12-8-6-9-13-21)20(4)22-14-10-7-11-15-22/h6-15,19-20,23H,5,16-18H2,1-4H3/t20-,23-/m1/s1. The molecule has 2 aromatic carbocycles. The first kappa shape index (κ1) is 21.2. The van der Waals surface area contributed by atoms with Gasteiger partial charge in [0.2, 0.25) is 0 Å². The van der Waals surface area contributed by atoms with Gasteiger partial charge < -0.3 is 4.74 Å². The highest BCUT2D eigenvalue weighted by Crippen LogP contribution is 2.29. The molecule has 0 aliphatic rings. The van der Waals surface area contributed by atoms with Gasteiger partial charge in [0.05, 0.1) is 13.0 Å². The second kappa shape index (κ2) is 10.9. The highest BCUT2D eigenvalue weighted by Gasteiger charge is 2.28. The Morgan fingerprint density at radius 2 is 1.56 bits per heavy atom. The average Bonchev–Trinajstić information content (AvgIpc) is 2.66. The topological polar surface area (TPSA) is 29.5 Å². The summed E-state index contributed by atoms with van der Waals surface area (Å²) in [5, 5.41) is 0. The minimum absolute atomic E-state index is 0.110. The summed E-state index contributed by atoms with van der Waals surface area (Å²) in [5.41, 5.74) is 2.53. The van der Waals surface area contributed by atoms with Crippen LogP contribution >= 0.6 is 0 Å². The van der Waals surface area contributed by atoms with E-state index in [4.69, 9.17) is 4.74 Å². The van der Waals surface area contributed by atoms with Gasteiger partial charge >= 0.3 is 5.97 Å². The lowest BCUT2D eigenvalue weighted by Gasteiger charge is -2.37. The Morgan fingerprint density at radius 3 is 2.11 bits per heavy atom. The van der Waals surface area contributed by atoms with E-state index in [1.165, 1.54) is 11.1 Å². The minimum Gasteiger partial charge on any atom is -0.466 e. The molecule has 0 aliphatic carbocycles. The fraction of sp³-hybridized carbons (Fsp3) is 0.458. The van der Waals surface area contributed by atoms with Crippen molar-refractivity contribution in [2.75, 3.05) is 6.61 Å². The van der Waals surface area contributed by atoms with E-state index in [0.29, 0.717) is 18.9 Å². The third-order valence-corrected chi connectivity index (χ3v) is 4.91. The summed E-state index contributed by atoms with van der Waals surface area (Å²) in [6.07, 6.45) is 1.39. The molecule has 0 aromatic heterocycles. The summed E-state index contributed by atoms with van der Waals surface area (Å²) in [6, 6.07) is 21.4. The van der Waals surface area contributed by atoms with Crippen molar-refractivity contribution in [1.29, 1.82) is 0 Å². The maximum atomic E-state index is 12.3. The Balaban J connectivity index is 2.32. The fourth-order valence-corrected chi connectivity index (χ4v) is 3.59. The molecule has 146 valence electrons. The lowest BCUT2D eigenvalue weighted by molar-refractivity contribution is -0.145. The van der Waals surface area contributed by atoms with Gasteiger partial charge in [-0.15, -0.1) is 0 Å². The summed E-state index contributed by atoms with van der Waals surface area (Å²) in [4.78, 5) is 14.8. The van der Waals surface area contributed by atoms with Gasteiger partial charge in [0.15, 0.2) is 0 Å². The summed E-state index contributed by atoms with van der Waals surface area (Å²) in [7, 11) is 0. The first-order valence-corrected chi connectivity index (χ1v) is 10.0. The summed E-state index contributed by atoms with van der Waals surface area (Å²) < 4.78 is 5.27. The first-order valence-electron chi connectivity index (χ1n) is 10.0. The Labute approximate surface area is 164 Å². The third kappa shape index (κ3) is 6.84. The molecule has 0 aliphatic heterocycles. The SMILES string of the molecule is CCOC(=O)C[C@@H](CC(C)C)N(Cc1ccccc1)[C@H](C)c1ccccc1. The number of esters is 1. The molecular weight excluding hydrogens is 334 g/mol. The van der Waals surface area contributed by atoms with Crippen LogP contribution in [0.4, 0.5) is 0 Å². The maximum absolute atomic E-state index is 12.3. The van der Waals surface area contributed by atoms with Crippen molar-refractivity contribution in [3.63, 3.8) is 0 Å². The number of carbonyl (C=O) groups is 1. The Hall–Kier alpha value is -2.13. The highest BCUT2D eigenvalue weighted by molar-refractivity contribution is 5.70. The van der Waals surface area contributed by atoms with E-state index in [0.717, 1.165) is 13.0 Å². The largest absolute Gasteiger partial charge is 0.466 e. The van der Waals surface area contributed by atoms with Crippen molar-refractivity contribution in [2.24, 2.45) is 5.92 Å². The van der Waals surface area contributed by atoms with Gasteiger partial charge in [-0.2, -0.15) is 0 Å². The van der Waals surface area contributed by atoms with Crippen molar-refractivity contribution in [2.45, 2.75) is 59.2 Å². The van der Waals surface area contributed by atoms with Crippen LogP contribution in [0, 0.1) is 5.92 Å². The highest BCUT2D eigenvalue weighted by atomic mass is 16.5. The zero-order valence-corrected chi connectivity index (χ0v) is 17.1. The van der Waals surface area contributed by atoms with Crippen LogP contribution in [-0.4, -0.2) is 23.5 Å². The second-order valence-electron chi connectivity index (χ2n) is 7.54. The maximum Gasteiger partial charge on any atom is 0.307 e. The molecule has 3 heteroatoms. The fourth-order valence-electron chi connectivity index (χ4n) is 3.59. The van der Waals surface area contributed by atoms with Gasteiger partial charge in [0, 0.05) is 18.6 Å². The molecule has 0 saturated heterocycles.